The van der Waals surface area contributed by atoms with E-state index >= 15 is 0 Å². The van der Waals surface area contributed by atoms with E-state index in [1.54, 1.807) is 12.1 Å². The first kappa shape index (κ1) is 19.6. The van der Waals surface area contributed by atoms with Crippen molar-refractivity contribution in [3.05, 3.63) is 58.7 Å². The smallest absolute Gasteiger partial charge is 0.309 e. The van der Waals surface area contributed by atoms with Gasteiger partial charge in [0.1, 0.15) is 6.07 Å². The molecule has 6 nitrogen and oxygen atoms in total. The van der Waals surface area contributed by atoms with Crippen LogP contribution in [0.25, 0.3) is 5.57 Å². The van der Waals surface area contributed by atoms with Crippen molar-refractivity contribution >= 4 is 17.3 Å². The molecule has 3 rings (SSSR count). The molecule has 0 saturated carbocycles. The lowest BCUT2D eigenvalue weighted by Crippen LogP contribution is -2.16. The Hall–Kier alpha value is -3.20. The monoisotopic (exact) mass is 377 g/mol. The van der Waals surface area contributed by atoms with Crippen molar-refractivity contribution in [2.75, 3.05) is 0 Å². The molecule has 0 amide bonds. The lowest BCUT2D eigenvalue weighted by molar-refractivity contribution is -0.136. The molecule has 0 saturated heterocycles. The summed E-state index contributed by atoms with van der Waals surface area (Å²) in [6.07, 6.45) is 6.44. The van der Waals surface area contributed by atoms with E-state index in [1.807, 2.05) is 6.07 Å². The number of H-pyrrole nitrogens is 1. The van der Waals surface area contributed by atoms with E-state index in [-0.39, 0.29) is 24.0 Å². The first-order valence-electron chi connectivity index (χ1n) is 9.29. The van der Waals surface area contributed by atoms with Gasteiger partial charge in [0.25, 0.3) is 0 Å². The average Bonchev–Trinajstić information content (AvgIpc) is 3.12. The number of Topliss-reactive ketones (excluding diaryl/α,β-unsaturated/α-hetero) is 1. The molecule has 2 aromatic rings. The number of carbonyl (C=O) groups excluding carboxylic acids is 1. The number of carbonyl (C=O) groups is 2. The second kappa shape index (κ2) is 7.81. The van der Waals surface area contributed by atoms with Crippen LogP contribution in [0.1, 0.15) is 66.1 Å². The van der Waals surface area contributed by atoms with Crippen LogP contribution in [-0.2, 0) is 17.6 Å². The molecule has 1 aliphatic carbocycles. The van der Waals surface area contributed by atoms with Crippen molar-refractivity contribution in [1.29, 1.82) is 5.26 Å². The summed E-state index contributed by atoms with van der Waals surface area (Å²) in [7, 11) is 0. The summed E-state index contributed by atoms with van der Waals surface area (Å²) in [6.45, 7) is 4.44. The number of aromatic amines is 1. The SMILES string of the molecule is CC1(C)CC=C(c2nc(CC(=O)O)ccc2CC(=O)c2cc(C#N)c[nH]2)CC1. The number of aliphatic carboxylic acids is 1. The molecule has 2 N–H and O–H groups in total. The Balaban J connectivity index is 1.93. The highest BCUT2D eigenvalue weighted by molar-refractivity contribution is 5.96. The third kappa shape index (κ3) is 4.55. The van der Waals surface area contributed by atoms with Crippen LogP contribution >= 0.6 is 0 Å². The molecule has 0 aromatic carbocycles. The summed E-state index contributed by atoms with van der Waals surface area (Å²) in [5.74, 6) is -1.07. The van der Waals surface area contributed by atoms with Gasteiger partial charge in [-0.2, -0.15) is 5.26 Å². The predicted octanol–water partition coefficient (Wildman–Crippen LogP) is 3.93. The number of nitriles is 1. The van der Waals surface area contributed by atoms with Crippen molar-refractivity contribution in [2.24, 2.45) is 5.41 Å². The molecule has 28 heavy (non-hydrogen) atoms. The van der Waals surface area contributed by atoms with Crippen molar-refractivity contribution in [1.82, 2.24) is 9.97 Å². The number of carboxylic acid groups (broad SMARTS) is 1. The maximum absolute atomic E-state index is 12.7. The van der Waals surface area contributed by atoms with Gasteiger partial charge in [-0.3, -0.25) is 14.6 Å². The summed E-state index contributed by atoms with van der Waals surface area (Å²) in [4.78, 5) is 31.2. The van der Waals surface area contributed by atoms with Gasteiger partial charge in [-0.05, 0) is 47.9 Å². The first-order chi connectivity index (χ1) is 13.3. The fourth-order valence-electron chi connectivity index (χ4n) is 3.38. The predicted molar refractivity (Wildman–Crippen MR) is 105 cm³/mol. The molecule has 144 valence electrons. The maximum atomic E-state index is 12.7. The number of nitrogens with one attached hydrogen (secondary N) is 1. The molecule has 2 heterocycles. The van der Waals surface area contributed by atoms with Crippen LogP contribution in [0.5, 0.6) is 0 Å². The minimum atomic E-state index is -0.934. The highest BCUT2D eigenvalue weighted by Crippen LogP contribution is 2.38. The molecule has 6 heteroatoms. The number of hydrogen-bond donors (Lipinski definition) is 2. The third-order valence-corrected chi connectivity index (χ3v) is 5.11. The number of allylic oxidation sites excluding steroid dienone is 2. The highest BCUT2D eigenvalue weighted by atomic mass is 16.4. The number of aromatic nitrogens is 2. The van der Waals surface area contributed by atoms with Crippen molar-refractivity contribution in [2.45, 2.75) is 46.0 Å². The van der Waals surface area contributed by atoms with Crippen molar-refractivity contribution < 1.29 is 14.7 Å². The van der Waals surface area contributed by atoms with Crippen LogP contribution in [0.3, 0.4) is 0 Å². The van der Waals surface area contributed by atoms with E-state index in [9.17, 15) is 9.59 Å². The summed E-state index contributed by atoms with van der Waals surface area (Å²) in [5.41, 5.74) is 4.07. The number of carboxylic acids is 1. The van der Waals surface area contributed by atoms with E-state index < -0.39 is 5.97 Å². The fraction of sp³-hybridized carbons (Fsp3) is 0.364. The summed E-state index contributed by atoms with van der Waals surface area (Å²) in [5, 5.41) is 18.0. The van der Waals surface area contributed by atoms with E-state index in [1.165, 1.54) is 12.3 Å². The van der Waals surface area contributed by atoms with E-state index in [4.69, 9.17) is 10.4 Å². The number of rotatable bonds is 6. The Labute approximate surface area is 163 Å². The van der Waals surface area contributed by atoms with Crippen LogP contribution in [0.4, 0.5) is 0 Å². The van der Waals surface area contributed by atoms with E-state index in [2.05, 4.69) is 29.9 Å². The lowest BCUT2D eigenvalue weighted by atomic mass is 9.77. The second-order valence-electron chi connectivity index (χ2n) is 7.99. The van der Waals surface area contributed by atoms with Crippen molar-refractivity contribution in [3.8, 4) is 6.07 Å². The van der Waals surface area contributed by atoms with Crippen LogP contribution < -0.4 is 0 Å². The number of ketones is 1. The Morgan fingerprint density at radius 3 is 2.71 bits per heavy atom. The largest absolute Gasteiger partial charge is 0.481 e. The molecule has 0 radical (unpaired) electrons. The van der Waals surface area contributed by atoms with Crippen LogP contribution in [0, 0.1) is 16.7 Å². The number of pyridine rings is 1. The third-order valence-electron chi connectivity index (χ3n) is 5.11. The van der Waals surface area contributed by atoms with Gasteiger partial charge >= 0.3 is 5.97 Å². The van der Waals surface area contributed by atoms with E-state index in [0.29, 0.717) is 17.0 Å². The Morgan fingerprint density at radius 1 is 1.32 bits per heavy atom. The normalized spacial score (nSPS) is 15.5. The van der Waals surface area contributed by atoms with Crippen LogP contribution in [0.15, 0.2) is 30.5 Å². The molecule has 2 aromatic heterocycles. The van der Waals surface area contributed by atoms with Crippen molar-refractivity contribution in [3.63, 3.8) is 0 Å². The zero-order chi connectivity index (χ0) is 20.3. The number of hydrogen-bond acceptors (Lipinski definition) is 4. The fourth-order valence-corrected chi connectivity index (χ4v) is 3.38. The van der Waals surface area contributed by atoms with E-state index in [0.717, 1.165) is 36.1 Å². The molecule has 1 aliphatic rings. The standard InChI is InChI=1S/C22H23N3O3/c1-22(2)7-5-15(6-8-22)21-16(3-4-17(25-21)11-20(27)28)10-19(26)18-9-14(12-23)13-24-18/h3-5,9,13,24H,6-8,10-11H2,1-2H3,(H,27,28). The van der Waals surface area contributed by atoms with Crippen LogP contribution in [-0.4, -0.2) is 26.8 Å². The summed E-state index contributed by atoms with van der Waals surface area (Å²) < 4.78 is 0. The van der Waals surface area contributed by atoms with Gasteiger partial charge in [-0.1, -0.05) is 26.0 Å². The summed E-state index contributed by atoms with van der Waals surface area (Å²) >= 11 is 0. The quantitative estimate of drug-likeness (QED) is 0.742. The maximum Gasteiger partial charge on any atom is 0.309 e. The zero-order valence-corrected chi connectivity index (χ0v) is 16.1. The molecule has 0 aliphatic heterocycles. The molecule has 0 spiro atoms. The molecule has 0 unspecified atom stereocenters. The van der Waals surface area contributed by atoms with Crippen LogP contribution in [0.2, 0.25) is 0 Å². The molecule has 0 atom stereocenters. The first-order valence-corrected chi connectivity index (χ1v) is 9.29. The Bertz CT molecular complexity index is 993. The van der Waals surface area contributed by atoms with Gasteiger partial charge in [-0.25, -0.2) is 0 Å². The Morgan fingerprint density at radius 2 is 2.11 bits per heavy atom. The molecule has 0 fully saturated rings. The topological polar surface area (TPSA) is 107 Å². The van der Waals surface area contributed by atoms with Gasteiger partial charge in [0.05, 0.1) is 29.1 Å². The average molecular weight is 377 g/mol. The van der Waals surface area contributed by atoms with Gasteiger partial charge in [0, 0.05) is 12.6 Å². The molecule has 0 bridgehead atoms. The zero-order valence-electron chi connectivity index (χ0n) is 16.1. The summed E-state index contributed by atoms with van der Waals surface area (Å²) in [6, 6.07) is 7.01. The van der Waals surface area contributed by atoms with Gasteiger partial charge in [-0.15, -0.1) is 0 Å². The second-order valence-corrected chi connectivity index (χ2v) is 7.99. The minimum Gasteiger partial charge on any atom is -0.481 e. The van der Waals surface area contributed by atoms with Gasteiger partial charge < -0.3 is 10.1 Å². The minimum absolute atomic E-state index is 0.132. The van der Waals surface area contributed by atoms with Gasteiger partial charge in [0.2, 0.25) is 0 Å². The molecular weight excluding hydrogens is 354 g/mol. The molecular formula is C22H23N3O3. The van der Waals surface area contributed by atoms with Gasteiger partial charge in [0.15, 0.2) is 5.78 Å². The lowest BCUT2D eigenvalue weighted by Gasteiger charge is -2.29. The highest BCUT2D eigenvalue weighted by Gasteiger charge is 2.24. The Kier molecular flexibility index (Phi) is 5.46. The number of nitrogens with zero attached hydrogens (tertiary/aromatic N) is 2.